The fourth-order valence-electron chi connectivity index (χ4n) is 3.73. The number of rotatable bonds is 2. The van der Waals surface area contributed by atoms with Gasteiger partial charge in [0.05, 0.1) is 15.6 Å². The molecule has 2 aliphatic rings. The summed E-state index contributed by atoms with van der Waals surface area (Å²) < 4.78 is 7.28. The average Bonchev–Trinajstić information content (AvgIpc) is 2.79. The summed E-state index contributed by atoms with van der Waals surface area (Å²) in [7, 11) is 1.94. The highest BCUT2D eigenvalue weighted by Gasteiger charge is 2.47. The fraction of sp³-hybridized carbons (Fsp3) is 0.190. The Labute approximate surface area is 150 Å². The van der Waals surface area contributed by atoms with Crippen molar-refractivity contribution in [1.29, 1.82) is 0 Å². The van der Waals surface area contributed by atoms with Gasteiger partial charge in [0.1, 0.15) is 18.6 Å². The van der Waals surface area contributed by atoms with E-state index >= 15 is 0 Å². The molecule has 0 radical (unpaired) electrons. The summed E-state index contributed by atoms with van der Waals surface area (Å²) in [5.41, 5.74) is 2.50. The molecule has 0 unspecified atom stereocenters. The lowest BCUT2D eigenvalue weighted by Gasteiger charge is -2.14. The maximum absolute atomic E-state index is 12.1. The van der Waals surface area contributed by atoms with E-state index in [-0.39, 0.29) is 22.5 Å². The Bertz CT molecular complexity index is 1100. The van der Waals surface area contributed by atoms with Crippen LogP contribution in [0.3, 0.4) is 0 Å². The maximum Gasteiger partial charge on any atom is 0.620 e. The Kier molecular flexibility index (Phi) is 3.37. The van der Waals surface area contributed by atoms with Crippen LogP contribution in [-0.2, 0) is 14.6 Å². The lowest BCUT2D eigenvalue weighted by atomic mass is 9.81. The number of fused-ring (bicyclic) bond motifs is 3. The number of benzene rings is 2. The molecule has 2 N–H and O–H groups in total. The van der Waals surface area contributed by atoms with Crippen molar-refractivity contribution < 1.29 is 24.0 Å². The molecule has 1 heterocycles. The molecule has 5 heteroatoms. The van der Waals surface area contributed by atoms with E-state index in [0.29, 0.717) is 0 Å². The number of carbonyl (C=O) groups excluding carboxylic acids is 2. The molecule has 0 fully saturated rings. The van der Waals surface area contributed by atoms with Crippen LogP contribution < -0.4 is 0 Å². The number of allylic oxidation sites excluding steroid dienone is 1. The Morgan fingerprint density at radius 2 is 1.88 bits per heavy atom. The molecule has 0 amide bonds. The van der Waals surface area contributed by atoms with Gasteiger partial charge in [-0.2, -0.15) is 4.58 Å². The molecule has 0 saturated heterocycles. The minimum atomic E-state index is -0.778. The van der Waals surface area contributed by atoms with E-state index in [1.165, 1.54) is 6.29 Å². The maximum atomic E-state index is 12.1. The molecule has 26 heavy (non-hydrogen) atoms. The zero-order valence-electron chi connectivity index (χ0n) is 14.8. The van der Waals surface area contributed by atoms with Crippen LogP contribution in [-0.4, -0.2) is 39.8 Å². The highest BCUT2D eigenvalue weighted by molar-refractivity contribution is 6.32. The molecule has 1 aliphatic heterocycles. The van der Waals surface area contributed by atoms with Crippen LogP contribution in [0.2, 0.25) is 0 Å². The summed E-state index contributed by atoms with van der Waals surface area (Å²) >= 11 is 0. The van der Waals surface area contributed by atoms with Crippen molar-refractivity contribution in [3.05, 3.63) is 65.1 Å². The Balaban J connectivity index is 1.80. The number of carbonyl (C=O) groups is 1. The van der Waals surface area contributed by atoms with Gasteiger partial charge in [-0.25, -0.2) is 0 Å². The third-order valence-electron chi connectivity index (χ3n) is 5.18. The second-order valence-corrected chi connectivity index (χ2v) is 7.07. The molecule has 1 aliphatic carbocycles. The number of aliphatic hydroxyl groups is 2. The number of hydrogen-bond acceptors (Lipinski definition) is 3. The van der Waals surface area contributed by atoms with Crippen LogP contribution in [0.25, 0.3) is 10.8 Å². The Morgan fingerprint density at radius 1 is 1.15 bits per heavy atom. The quantitative estimate of drug-likeness (QED) is 0.496. The summed E-state index contributed by atoms with van der Waals surface area (Å²) in [5, 5.41) is 21.2. The summed E-state index contributed by atoms with van der Waals surface area (Å²) in [6, 6.07) is 12.4. The predicted octanol–water partition coefficient (Wildman–Crippen LogP) is 3.37. The number of aliphatic hydroxyl groups excluding tert-OH is 2. The van der Waals surface area contributed by atoms with Crippen LogP contribution in [0.4, 0.5) is 5.69 Å². The van der Waals surface area contributed by atoms with Gasteiger partial charge in [0.15, 0.2) is 0 Å². The molecular formula is C21H19NO4+2. The average molecular weight is 349 g/mol. The van der Waals surface area contributed by atoms with Gasteiger partial charge in [-0.3, -0.25) is 4.42 Å². The van der Waals surface area contributed by atoms with Gasteiger partial charge in [0.2, 0.25) is 11.3 Å². The van der Waals surface area contributed by atoms with E-state index in [2.05, 4.69) is 38.1 Å². The summed E-state index contributed by atoms with van der Waals surface area (Å²) in [6.07, 6.45) is 2.51. The standard InChI is InChI=1S/C21H17NO4/c1-21(2)14-9-8-12-6-4-5-7-13(12)19(14)22(3)17(21)11-26-20(25)18-15(23)10-16(18)24/h4-11H,1-3H3/p+2. The molecule has 130 valence electrons. The van der Waals surface area contributed by atoms with Crippen molar-refractivity contribution in [2.75, 3.05) is 7.05 Å². The van der Waals surface area contributed by atoms with Gasteiger partial charge in [0, 0.05) is 11.6 Å². The fourth-order valence-corrected chi connectivity index (χ4v) is 3.73. The smallest absolute Gasteiger partial charge is 0.507 e. The lowest BCUT2D eigenvalue weighted by Crippen LogP contribution is -2.31. The van der Waals surface area contributed by atoms with E-state index < -0.39 is 5.97 Å². The van der Waals surface area contributed by atoms with Crippen LogP contribution >= 0.6 is 0 Å². The van der Waals surface area contributed by atoms with E-state index in [1.807, 2.05) is 23.8 Å². The highest BCUT2D eigenvalue weighted by atomic mass is 16.4. The van der Waals surface area contributed by atoms with Gasteiger partial charge < -0.3 is 10.2 Å². The summed E-state index contributed by atoms with van der Waals surface area (Å²) in [5.74, 6) is -1.31. The molecule has 0 spiro atoms. The number of hydrogen-bond donors (Lipinski definition) is 2. The number of nitrogens with zero attached hydrogens (tertiary/aromatic N) is 1. The van der Waals surface area contributed by atoms with E-state index in [0.717, 1.165) is 33.8 Å². The Morgan fingerprint density at radius 3 is 2.58 bits per heavy atom. The molecule has 2 aromatic carbocycles. The van der Waals surface area contributed by atoms with Crippen molar-refractivity contribution >= 4 is 34.4 Å². The van der Waals surface area contributed by atoms with Crippen LogP contribution in [0.5, 0.6) is 0 Å². The minimum absolute atomic E-state index is 0.191. The summed E-state index contributed by atoms with van der Waals surface area (Å²) in [6.45, 7) is 4.14. The van der Waals surface area contributed by atoms with Crippen molar-refractivity contribution in [3.63, 3.8) is 0 Å². The monoisotopic (exact) mass is 349 g/mol. The van der Waals surface area contributed by atoms with Gasteiger partial charge in [0.25, 0.3) is 12.0 Å². The van der Waals surface area contributed by atoms with E-state index in [4.69, 9.17) is 4.42 Å². The lowest BCUT2D eigenvalue weighted by molar-refractivity contribution is -0.404. The zero-order chi connectivity index (χ0) is 18.6. The third kappa shape index (κ3) is 2.13. The predicted molar refractivity (Wildman–Crippen MR) is 99.3 cm³/mol. The molecule has 4 rings (SSSR count). The normalized spacial score (nSPS) is 18.3. The second kappa shape index (κ2) is 5.39. The minimum Gasteiger partial charge on any atom is -0.507 e. The van der Waals surface area contributed by atoms with Gasteiger partial charge in [-0.05, 0) is 25.3 Å². The molecule has 2 aromatic rings. The van der Waals surface area contributed by atoms with Gasteiger partial charge in [-0.15, -0.1) is 0 Å². The van der Waals surface area contributed by atoms with Gasteiger partial charge >= 0.3 is 5.97 Å². The van der Waals surface area contributed by atoms with Crippen molar-refractivity contribution in [2.24, 2.45) is 0 Å². The highest BCUT2D eigenvalue weighted by Crippen LogP contribution is 2.42. The van der Waals surface area contributed by atoms with E-state index in [1.54, 1.807) is 0 Å². The summed E-state index contributed by atoms with van der Waals surface area (Å²) in [4.78, 5) is 12.1. The van der Waals surface area contributed by atoms with E-state index in [9.17, 15) is 15.0 Å². The first-order valence-corrected chi connectivity index (χ1v) is 8.34. The number of aldehydes is 1. The second-order valence-electron chi connectivity index (χ2n) is 7.07. The van der Waals surface area contributed by atoms with Crippen molar-refractivity contribution in [3.8, 4) is 0 Å². The van der Waals surface area contributed by atoms with Gasteiger partial charge in [-0.1, -0.05) is 30.3 Å². The third-order valence-corrected chi connectivity index (χ3v) is 5.18. The Hall–Kier alpha value is -3.21. The molecule has 5 nitrogen and oxygen atoms in total. The first kappa shape index (κ1) is 16.3. The zero-order valence-corrected chi connectivity index (χ0v) is 14.8. The topological polar surface area (TPSA) is 71.8 Å². The van der Waals surface area contributed by atoms with Crippen LogP contribution in [0.1, 0.15) is 19.4 Å². The molecule has 0 bridgehead atoms. The molecule has 0 saturated carbocycles. The van der Waals surface area contributed by atoms with Crippen molar-refractivity contribution in [2.45, 2.75) is 19.3 Å². The molecule has 0 atom stereocenters. The van der Waals surface area contributed by atoms with Crippen molar-refractivity contribution in [1.82, 2.24) is 0 Å². The van der Waals surface area contributed by atoms with Crippen LogP contribution in [0.15, 0.2) is 59.6 Å². The molecular weight excluding hydrogens is 330 g/mol. The SMILES string of the molecule is C[N+]1=C(C=[O+]C(=O)C2=C(O)C=C2O)C(C)(C)c2ccc3ccccc3c21. The largest absolute Gasteiger partial charge is 0.620 e. The first-order valence-electron chi connectivity index (χ1n) is 8.34. The molecule has 0 aromatic heterocycles. The first-order chi connectivity index (χ1) is 12.3. The van der Waals surface area contributed by atoms with Crippen LogP contribution in [0, 0.1) is 0 Å².